The van der Waals surface area contributed by atoms with Gasteiger partial charge >= 0.3 is 0 Å². The molecule has 2 fully saturated rings. The van der Waals surface area contributed by atoms with Gasteiger partial charge in [-0.1, -0.05) is 6.07 Å². The van der Waals surface area contributed by atoms with Gasteiger partial charge in [-0.25, -0.2) is 4.98 Å². The number of piperazine rings is 1. The largest absolute Gasteiger partial charge is 0.373 e. The first-order valence-corrected chi connectivity index (χ1v) is 10.2. The number of aryl methyl sites for hydroxylation is 1. The highest BCUT2D eigenvalue weighted by Crippen LogP contribution is 2.33. The Morgan fingerprint density at radius 2 is 2.04 bits per heavy atom. The van der Waals surface area contributed by atoms with Crippen LogP contribution in [0.2, 0.25) is 0 Å². The van der Waals surface area contributed by atoms with Crippen molar-refractivity contribution in [2.75, 3.05) is 37.7 Å². The number of pyridine rings is 1. The molecule has 0 N–H and O–H groups in total. The van der Waals surface area contributed by atoms with Crippen LogP contribution in [0.3, 0.4) is 0 Å². The molecule has 0 unspecified atom stereocenters. The molecule has 0 radical (unpaired) electrons. The quantitative estimate of drug-likeness (QED) is 0.826. The predicted octanol–water partition coefficient (Wildman–Crippen LogP) is 4.02. The van der Waals surface area contributed by atoms with Crippen LogP contribution in [0.15, 0.2) is 30.5 Å². The van der Waals surface area contributed by atoms with Crippen LogP contribution in [-0.2, 0) is 11.3 Å². The fraction of sp³-hybridized carbons (Fsp3) is 0.550. The van der Waals surface area contributed by atoms with Crippen LogP contribution in [-0.4, -0.2) is 42.7 Å². The first-order valence-electron chi connectivity index (χ1n) is 9.39. The number of rotatable bonds is 4. The Balaban J connectivity index is 1.31. The van der Waals surface area contributed by atoms with E-state index in [1.54, 1.807) is 0 Å². The standard InChI is InChI=1S/C20H27N3OS/c1-16-5-4-9-21-20(16)23-12-10-22(11-13-23)15-17-7-8-19(25-17)18-6-2-3-14-24-18/h4-5,7-9,18H,2-3,6,10-15H2,1H3/t18-/m1/s1. The van der Waals surface area contributed by atoms with Gasteiger partial charge in [0.05, 0.1) is 6.10 Å². The summed E-state index contributed by atoms with van der Waals surface area (Å²) >= 11 is 1.94. The van der Waals surface area contributed by atoms with Gasteiger partial charge < -0.3 is 9.64 Å². The molecule has 2 aromatic rings. The zero-order chi connectivity index (χ0) is 17.1. The molecule has 0 aliphatic carbocycles. The zero-order valence-electron chi connectivity index (χ0n) is 15.0. The molecule has 1 atom stereocenters. The minimum Gasteiger partial charge on any atom is -0.373 e. The summed E-state index contributed by atoms with van der Waals surface area (Å²) < 4.78 is 5.92. The number of hydrogen-bond acceptors (Lipinski definition) is 5. The zero-order valence-corrected chi connectivity index (χ0v) is 15.8. The van der Waals surface area contributed by atoms with Crippen LogP contribution in [0.25, 0.3) is 0 Å². The molecule has 2 aromatic heterocycles. The average Bonchev–Trinajstić information content (AvgIpc) is 3.12. The van der Waals surface area contributed by atoms with Crippen molar-refractivity contribution in [3.63, 3.8) is 0 Å². The highest BCUT2D eigenvalue weighted by Gasteiger charge is 2.21. The van der Waals surface area contributed by atoms with Gasteiger partial charge in [-0.05, 0) is 49.9 Å². The lowest BCUT2D eigenvalue weighted by atomic mass is 10.1. The molecule has 134 valence electrons. The number of aromatic nitrogens is 1. The van der Waals surface area contributed by atoms with Gasteiger partial charge in [-0.15, -0.1) is 11.3 Å². The van der Waals surface area contributed by atoms with Gasteiger partial charge in [0, 0.05) is 55.3 Å². The summed E-state index contributed by atoms with van der Waals surface area (Å²) in [5.41, 5.74) is 1.27. The molecule has 2 aliphatic rings. The van der Waals surface area contributed by atoms with E-state index < -0.39 is 0 Å². The molecular weight excluding hydrogens is 330 g/mol. The molecule has 2 aliphatic heterocycles. The third-order valence-electron chi connectivity index (χ3n) is 5.21. The molecule has 4 rings (SSSR count). The SMILES string of the molecule is Cc1cccnc1N1CCN(Cc2ccc([C@H]3CCCCO3)s2)CC1. The van der Waals surface area contributed by atoms with Crippen LogP contribution < -0.4 is 4.90 Å². The second-order valence-electron chi connectivity index (χ2n) is 7.07. The van der Waals surface area contributed by atoms with E-state index in [2.05, 4.69) is 39.9 Å². The van der Waals surface area contributed by atoms with Gasteiger partial charge in [0.2, 0.25) is 0 Å². The Hall–Kier alpha value is -1.43. The predicted molar refractivity (Wildman–Crippen MR) is 103 cm³/mol. The molecule has 0 aromatic carbocycles. The summed E-state index contributed by atoms with van der Waals surface area (Å²) in [5.74, 6) is 1.15. The summed E-state index contributed by atoms with van der Waals surface area (Å²) in [6, 6.07) is 8.74. The van der Waals surface area contributed by atoms with Crippen molar-refractivity contribution in [3.8, 4) is 0 Å². The lowest BCUT2D eigenvalue weighted by Crippen LogP contribution is -2.46. The van der Waals surface area contributed by atoms with Crippen LogP contribution in [0.5, 0.6) is 0 Å². The molecule has 5 heteroatoms. The van der Waals surface area contributed by atoms with Gasteiger partial charge in [0.1, 0.15) is 5.82 Å². The molecule has 0 saturated carbocycles. The summed E-state index contributed by atoms with van der Waals surface area (Å²) in [6.07, 6.45) is 5.94. The van der Waals surface area contributed by atoms with Crippen LogP contribution >= 0.6 is 11.3 Å². The Morgan fingerprint density at radius 1 is 1.16 bits per heavy atom. The van der Waals surface area contributed by atoms with E-state index in [0.717, 1.165) is 45.1 Å². The molecule has 4 heterocycles. The fourth-order valence-corrected chi connectivity index (χ4v) is 4.90. The van der Waals surface area contributed by atoms with E-state index in [1.807, 2.05) is 23.6 Å². The minimum atomic E-state index is 0.344. The normalized spacial score (nSPS) is 22.3. The van der Waals surface area contributed by atoms with E-state index in [9.17, 15) is 0 Å². The van der Waals surface area contributed by atoms with Crippen LogP contribution in [0, 0.1) is 6.92 Å². The van der Waals surface area contributed by atoms with Crippen molar-refractivity contribution >= 4 is 17.2 Å². The summed E-state index contributed by atoms with van der Waals surface area (Å²) in [7, 11) is 0. The summed E-state index contributed by atoms with van der Waals surface area (Å²) in [5, 5.41) is 0. The number of thiophene rings is 1. The average molecular weight is 358 g/mol. The van der Waals surface area contributed by atoms with Crippen LogP contribution in [0.4, 0.5) is 5.82 Å². The van der Waals surface area contributed by atoms with E-state index in [4.69, 9.17) is 4.74 Å². The van der Waals surface area contributed by atoms with Crippen molar-refractivity contribution in [2.45, 2.75) is 38.8 Å². The molecule has 0 bridgehead atoms. The topological polar surface area (TPSA) is 28.6 Å². The van der Waals surface area contributed by atoms with Crippen molar-refractivity contribution in [2.24, 2.45) is 0 Å². The summed E-state index contributed by atoms with van der Waals surface area (Å²) in [4.78, 5) is 12.4. The van der Waals surface area contributed by atoms with E-state index in [-0.39, 0.29) is 0 Å². The van der Waals surface area contributed by atoms with Crippen molar-refractivity contribution < 1.29 is 4.74 Å². The van der Waals surface area contributed by atoms with Gasteiger partial charge in [0.25, 0.3) is 0 Å². The maximum absolute atomic E-state index is 5.92. The third-order valence-corrected chi connectivity index (χ3v) is 6.37. The molecule has 0 amide bonds. The highest BCUT2D eigenvalue weighted by molar-refractivity contribution is 7.12. The number of nitrogens with zero attached hydrogens (tertiary/aromatic N) is 3. The van der Waals surface area contributed by atoms with Crippen molar-refractivity contribution in [3.05, 3.63) is 45.8 Å². The Kier molecular flexibility index (Phi) is 5.34. The summed E-state index contributed by atoms with van der Waals surface area (Å²) in [6.45, 7) is 8.45. The van der Waals surface area contributed by atoms with Crippen molar-refractivity contribution in [1.82, 2.24) is 9.88 Å². The first kappa shape index (κ1) is 17.0. The number of hydrogen-bond donors (Lipinski definition) is 0. The van der Waals surface area contributed by atoms with E-state index in [1.165, 1.54) is 34.6 Å². The lowest BCUT2D eigenvalue weighted by Gasteiger charge is -2.35. The molecule has 2 saturated heterocycles. The van der Waals surface area contributed by atoms with E-state index in [0.29, 0.717) is 6.10 Å². The van der Waals surface area contributed by atoms with E-state index >= 15 is 0 Å². The van der Waals surface area contributed by atoms with Crippen LogP contribution in [0.1, 0.15) is 40.7 Å². The van der Waals surface area contributed by atoms with Crippen molar-refractivity contribution in [1.29, 1.82) is 0 Å². The minimum absolute atomic E-state index is 0.344. The molecule has 4 nitrogen and oxygen atoms in total. The Bertz CT molecular complexity index is 688. The first-order chi connectivity index (χ1) is 12.3. The second-order valence-corrected chi connectivity index (χ2v) is 8.27. The Labute approximate surface area is 154 Å². The number of ether oxygens (including phenoxy) is 1. The fourth-order valence-electron chi connectivity index (χ4n) is 3.76. The molecule has 0 spiro atoms. The lowest BCUT2D eigenvalue weighted by molar-refractivity contribution is 0.0172. The molecule has 25 heavy (non-hydrogen) atoms. The maximum atomic E-state index is 5.92. The van der Waals surface area contributed by atoms with Gasteiger partial charge in [0.15, 0.2) is 0 Å². The maximum Gasteiger partial charge on any atom is 0.131 e. The third kappa shape index (κ3) is 4.05. The smallest absolute Gasteiger partial charge is 0.131 e. The Morgan fingerprint density at radius 3 is 2.80 bits per heavy atom. The number of anilines is 1. The van der Waals surface area contributed by atoms with Gasteiger partial charge in [-0.2, -0.15) is 0 Å². The highest BCUT2D eigenvalue weighted by atomic mass is 32.1. The van der Waals surface area contributed by atoms with Gasteiger partial charge in [-0.3, -0.25) is 4.90 Å². The second kappa shape index (κ2) is 7.85. The monoisotopic (exact) mass is 357 g/mol. The molecular formula is C20H27N3OS.